The fourth-order valence-corrected chi connectivity index (χ4v) is 3.69. The molecule has 1 aliphatic rings. The van der Waals surface area contributed by atoms with Crippen LogP contribution in [-0.4, -0.2) is 56.1 Å². The molecule has 0 saturated carbocycles. The van der Waals surface area contributed by atoms with E-state index in [-0.39, 0.29) is 11.6 Å². The monoisotopic (exact) mass is 433 g/mol. The minimum Gasteiger partial charge on any atom is -0.497 e. The second kappa shape index (κ2) is 9.67. The summed E-state index contributed by atoms with van der Waals surface area (Å²) in [6.45, 7) is 2.09. The summed E-state index contributed by atoms with van der Waals surface area (Å²) < 4.78 is 10.5. The lowest BCUT2D eigenvalue weighted by Gasteiger charge is -2.36. The quantitative estimate of drug-likeness (QED) is 0.490. The molecule has 0 N–H and O–H groups in total. The van der Waals surface area contributed by atoms with Crippen LogP contribution >= 0.6 is 11.6 Å². The van der Waals surface area contributed by atoms with Crippen LogP contribution in [0.25, 0.3) is 0 Å². The number of nitrogens with zero attached hydrogens (tertiary/aromatic N) is 3. The number of piperazine rings is 1. The van der Waals surface area contributed by atoms with Crippen LogP contribution in [0.1, 0.15) is 12.0 Å². The second-order valence-corrected chi connectivity index (χ2v) is 7.42. The topological polar surface area (TPSA) is 85.2 Å². The smallest absolute Gasteiger partial charge is 0.294 e. The van der Waals surface area contributed by atoms with Gasteiger partial charge < -0.3 is 19.3 Å². The highest BCUT2D eigenvalue weighted by Crippen LogP contribution is 2.31. The van der Waals surface area contributed by atoms with Crippen LogP contribution in [-0.2, 0) is 11.2 Å². The van der Waals surface area contributed by atoms with Gasteiger partial charge in [-0.05, 0) is 36.2 Å². The summed E-state index contributed by atoms with van der Waals surface area (Å²) in [5.41, 5.74) is 1.48. The third kappa shape index (κ3) is 5.13. The Bertz CT molecular complexity index is 907. The van der Waals surface area contributed by atoms with E-state index in [0.29, 0.717) is 61.2 Å². The molecule has 1 aliphatic heterocycles. The number of rotatable bonds is 7. The van der Waals surface area contributed by atoms with E-state index in [0.717, 1.165) is 5.56 Å². The van der Waals surface area contributed by atoms with Crippen LogP contribution in [0.15, 0.2) is 36.4 Å². The van der Waals surface area contributed by atoms with Gasteiger partial charge in [0.2, 0.25) is 5.91 Å². The first kappa shape index (κ1) is 21.7. The molecule has 1 fully saturated rings. The molecule has 30 heavy (non-hydrogen) atoms. The molecule has 1 amide bonds. The number of halogens is 1. The molecule has 9 heteroatoms. The van der Waals surface area contributed by atoms with Crippen LogP contribution in [0.3, 0.4) is 0 Å². The lowest BCUT2D eigenvalue weighted by molar-refractivity contribution is -0.384. The predicted octanol–water partition coefficient (Wildman–Crippen LogP) is 3.55. The number of amides is 1. The van der Waals surface area contributed by atoms with Gasteiger partial charge >= 0.3 is 0 Å². The number of hydrogen-bond acceptors (Lipinski definition) is 6. The number of anilines is 1. The highest BCUT2D eigenvalue weighted by molar-refractivity contribution is 6.30. The Morgan fingerprint density at radius 1 is 1.07 bits per heavy atom. The Kier molecular flexibility index (Phi) is 6.99. The molecule has 1 saturated heterocycles. The minimum absolute atomic E-state index is 0.0192. The Balaban J connectivity index is 1.58. The van der Waals surface area contributed by atoms with Gasteiger partial charge in [0.25, 0.3) is 5.69 Å². The Morgan fingerprint density at radius 3 is 2.27 bits per heavy atom. The number of nitro benzene ring substituents is 1. The van der Waals surface area contributed by atoms with Gasteiger partial charge in [0.15, 0.2) is 0 Å². The van der Waals surface area contributed by atoms with Crippen molar-refractivity contribution in [2.24, 2.45) is 0 Å². The van der Waals surface area contributed by atoms with E-state index in [1.54, 1.807) is 37.3 Å². The van der Waals surface area contributed by atoms with Crippen molar-refractivity contribution in [3.8, 4) is 11.5 Å². The molecule has 0 unspecified atom stereocenters. The largest absolute Gasteiger partial charge is 0.497 e. The second-order valence-electron chi connectivity index (χ2n) is 6.98. The van der Waals surface area contributed by atoms with E-state index in [1.807, 2.05) is 17.0 Å². The van der Waals surface area contributed by atoms with Crippen molar-refractivity contribution in [2.75, 3.05) is 45.3 Å². The van der Waals surface area contributed by atoms with E-state index < -0.39 is 4.92 Å². The summed E-state index contributed by atoms with van der Waals surface area (Å²) in [5.74, 6) is 1.44. The maximum Gasteiger partial charge on any atom is 0.294 e. The zero-order valence-corrected chi connectivity index (χ0v) is 17.7. The molecule has 8 nitrogen and oxygen atoms in total. The molecular weight excluding hydrogens is 410 g/mol. The Hall–Kier alpha value is -3.00. The molecule has 160 valence electrons. The van der Waals surface area contributed by atoms with Gasteiger partial charge in [0.05, 0.1) is 19.1 Å². The normalized spacial score (nSPS) is 13.8. The number of carbonyl (C=O) groups is 1. The lowest BCUT2D eigenvalue weighted by atomic mass is 10.1. The molecule has 0 radical (unpaired) electrons. The van der Waals surface area contributed by atoms with Crippen LogP contribution < -0.4 is 14.4 Å². The number of methoxy groups -OCH3 is 2. The van der Waals surface area contributed by atoms with Crippen molar-refractivity contribution in [2.45, 2.75) is 12.8 Å². The first-order valence-electron chi connectivity index (χ1n) is 9.60. The molecule has 0 aromatic heterocycles. The summed E-state index contributed by atoms with van der Waals surface area (Å²) in [6, 6.07) is 10.2. The summed E-state index contributed by atoms with van der Waals surface area (Å²) in [7, 11) is 3.18. The highest BCUT2D eigenvalue weighted by Gasteiger charge is 2.26. The molecule has 2 aromatic carbocycles. The van der Waals surface area contributed by atoms with Crippen molar-refractivity contribution < 1.29 is 19.2 Å². The van der Waals surface area contributed by atoms with Crippen LogP contribution in [0, 0.1) is 10.1 Å². The van der Waals surface area contributed by atoms with E-state index >= 15 is 0 Å². The average Bonchev–Trinajstić information content (AvgIpc) is 2.77. The molecule has 1 heterocycles. The third-order valence-electron chi connectivity index (χ3n) is 5.15. The average molecular weight is 434 g/mol. The summed E-state index contributed by atoms with van der Waals surface area (Å²) >= 11 is 5.90. The molecular formula is C21H24ClN3O5. The zero-order valence-electron chi connectivity index (χ0n) is 17.0. The van der Waals surface area contributed by atoms with E-state index in [9.17, 15) is 14.9 Å². The molecule has 0 bridgehead atoms. The van der Waals surface area contributed by atoms with Gasteiger partial charge in [0.1, 0.15) is 17.2 Å². The van der Waals surface area contributed by atoms with Gasteiger partial charge in [0, 0.05) is 49.8 Å². The molecule has 0 spiro atoms. The van der Waals surface area contributed by atoms with Crippen LogP contribution in [0.5, 0.6) is 11.5 Å². The summed E-state index contributed by atoms with van der Waals surface area (Å²) in [5, 5.41) is 11.7. The van der Waals surface area contributed by atoms with Crippen molar-refractivity contribution >= 4 is 28.9 Å². The molecule has 2 aromatic rings. The van der Waals surface area contributed by atoms with Crippen molar-refractivity contribution in [1.29, 1.82) is 0 Å². The van der Waals surface area contributed by atoms with E-state index in [4.69, 9.17) is 21.1 Å². The number of hydrogen-bond donors (Lipinski definition) is 0. The van der Waals surface area contributed by atoms with Gasteiger partial charge in [-0.2, -0.15) is 0 Å². The maximum atomic E-state index is 12.7. The molecule has 0 aliphatic carbocycles. The Labute approximate surface area is 180 Å². The van der Waals surface area contributed by atoms with Crippen LogP contribution in [0.4, 0.5) is 11.4 Å². The lowest BCUT2D eigenvalue weighted by Crippen LogP contribution is -2.49. The van der Waals surface area contributed by atoms with Crippen molar-refractivity contribution in [3.63, 3.8) is 0 Å². The number of nitro groups is 1. The van der Waals surface area contributed by atoms with Gasteiger partial charge in [-0.25, -0.2) is 0 Å². The van der Waals surface area contributed by atoms with Crippen LogP contribution in [0.2, 0.25) is 5.02 Å². The molecule has 3 rings (SSSR count). The maximum absolute atomic E-state index is 12.7. The SMILES string of the molecule is COc1cc(CCC(=O)N2CCN(c3ccc(Cl)cc3[N+](=O)[O-])CC2)cc(OC)c1. The summed E-state index contributed by atoms with van der Waals surface area (Å²) in [4.78, 5) is 27.3. The standard InChI is InChI=1S/C21H24ClN3O5/c1-29-17-11-15(12-18(14-17)30-2)3-6-21(26)24-9-7-23(8-10-24)19-5-4-16(22)13-20(19)25(27)28/h4-5,11-14H,3,6-10H2,1-2H3. The minimum atomic E-state index is -0.429. The molecule has 0 atom stereocenters. The summed E-state index contributed by atoms with van der Waals surface area (Å²) in [6.07, 6.45) is 0.951. The van der Waals surface area contributed by atoms with Gasteiger partial charge in [-0.1, -0.05) is 11.6 Å². The number of benzene rings is 2. The number of carbonyl (C=O) groups excluding carboxylic acids is 1. The fraction of sp³-hybridized carbons (Fsp3) is 0.381. The third-order valence-corrected chi connectivity index (χ3v) is 5.38. The zero-order chi connectivity index (χ0) is 21.7. The number of aryl methyl sites for hydroxylation is 1. The Morgan fingerprint density at radius 2 is 1.70 bits per heavy atom. The van der Waals surface area contributed by atoms with Gasteiger partial charge in [-0.15, -0.1) is 0 Å². The predicted molar refractivity (Wildman–Crippen MR) is 115 cm³/mol. The van der Waals surface area contributed by atoms with Crippen molar-refractivity contribution in [3.05, 3.63) is 57.1 Å². The van der Waals surface area contributed by atoms with Gasteiger partial charge in [-0.3, -0.25) is 14.9 Å². The van der Waals surface area contributed by atoms with E-state index in [2.05, 4.69) is 0 Å². The number of ether oxygens (including phenoxy) is 2. The van der Waals surface area contributed by atoms with E-state index in [1.165, 1.54) is 6.07 Å². The van der Waals surface area contributed by atoms with Crippen molar-refractivity contribution in [1.82, 2.24) is 4.90 Å². The fourth-order valence-electron chi connectivity index (χ4n) is 3.53. The highest BCUT2D eigenvalue weighted by atomic mass is 35.5. The first-order chi connectivity index (χ1) is 14.4. The first-order valence-corrected chi connectivity index (χ1v) is 9.97.